The number of hydrogen-bond acceptors (Lipinski definition) is 3. The van der Waals surface area contributed by atoms with Crippen LogP contribution in [0, 0.1) is 0 Å². The number of rotatable bonds is 3. The lowest BCUT2D eigenvalue weighted by Crippen LogP contribution is -2.33. The minimum Gasteiger partial charge on any atom is -0.380 e. The van der Waals surface area contributed by atoms with Gasteiger partial charge in [-0.05, 0) is 12.5 Å². The molecule has 0 aromatic carbocycles. The molecule has 0 aliphatic carbocycles. The van der Waals surface area contributed by atoms with Crippen molar-refractivity contribution in [3.8, 4) is 0 Å². The van der Waals surface area contributed by atoms with Gasteiger partial charge in [-0.15, -0.1) is 0 Å². The van der Waals surface area contributed by atoms with Crippen LogP contribution in [0.1, 0.15) is 26.2 Å². The molecule has 1 aromatic heterocycles. The zero-order chi connectivity index (χ0) is 10.7. The van der Waals surface area contributed by atoms with E-state index < -0.39 is 0 Å². The van der Waals surface area contributed by atoms with Crippen LogP contribution in [0.2, 0.25) is 5.02 Å². The number of nitrogens with zero attached hydrogens (tertiary/aromatic N) is 1. The number of anilines is 2. The first-order valence-electron chi connectivity index (χ1n) is 5.45. The SMILES string of the molecule is CCCCC1CNc2cc(Cl)cnc2N1. The van der Waals surface area contributed by atoms with Crippen LogP contribution in [0.4, 0.5) is 11.5 Å². The number of unbranched alkanes of at least 4 members (excludes halogenated alkanes) is 1. The van der Waals surface area contributed by atoms with Gasteiger partial charge in [-0.2, -0.15) is 0 Å². The number of halogens is 1. The molecule has 0 saturated heterocycles. The van der Waals surface area contributed by atoms with Crippen molar-refractivity contribution in [2.45, 2.75) is 32.2 Å². The van der Waals surface area contributed by atoms with Gasteiger partial charge in [0.1, 0.15) is 5.82 Å². The lowest BCUT2D eigenvalue weighted by molar-refractivity contribution is 0.617. The molecule has 0 saturated carbocycles. The second kappa shape index (κ2) is 4.71. The molecule has 3 nitrogen and oxygen atoms in total. The molecule has 0 spiro atoms. The van der Waals surface area contributed by atoms with Gasteiger partial charge in [0.2, 0.25) is 0 Å². The number of pyridine rings is 1. The summed E-state index contributed by atoms with van der Waals surface area (Å²) in [4.78, 5) is 4.27. The summed E-state index contributed by atoms with van der Waals surface area (Å²) in [5.41, 5.74) is 1.01. The normalized spacial score (nSPS) is 18.9. The van der Waals surface area contributed by atoms with E-state index in [1.807, 2.05) is 6.07 Å². The second-order valence-electron chi connectivity index (χ2n) is 3.91. The van der Waals surface area contributed by atoms with Gasteiger partial charge in [-0.1, -0.05) is 31.4 Å². The molecule has 0 radical (unpaired) electrons. The molecule has 1 aliphatic heterocycles. The third kappa shape index (κ3) is 2.53. The summed E-state index contributed by atoms with van der Waals surface area (Å²) in [5, 5.41) is 7.46. The van der Waals surface area contributed by atoms with E-state index in [-0.39, 0.29) is 0 Å². The fourth-order valence-corrected chi connectivity index (χ4v) is 1.95. The number of aromatic nitrogens is 1. The Balaban J connectivity index is 2.03. The molecule has 2 heterocycles. The highest BCUT2D eigenvalue weighted by atomic mass is 35.5. The predicted molar refractivity (Wildman–Crippen MR) is 64.7 cm³/mol. The summed E-state index contributed by atoms with van der Waals surface area (Å²) in [7, 11) is 0. The molecule has 1 aliphatic rings. The van der Waals surface area contributed by atoms with E-state index in [0.29, 0.717) is 11.1 Å². The van der Waals surface area contributed by atoms with Crippen molar-refractivity contribution < 1.29 is 0 Å². The van der Waals surface area contributed by atoms with Crippen LogP contribution in [-0.4, -0.2) is 17.6 Å². The molecule has 15 heavy (non-hydrogen) atoms. The Morgan fingerprint density at radius 3 is 3.27 bits per heavy atom. The highest BCUT2D eigenvalue weighted by Gasteiger charge is 2.17. The molecule has 0 fully saturated rings. The van der Waals surface area contributed by atoms with Crippen LogP contribution in [0.15, 0.2) is 12.3 Å². The molecule has 1 atom stereocenters. The summed E-state index contributed by atoms with van der Waals surface area (Å²) in [6, 6.07) is 2.40. The van der Waals surface area contributed by atoms with Gasteiger partial charge in [-0.3, -0.25) is 0 Å². The van der Waals surface area contributed by atoms with E-state index in [9.17, 15) is 0 Å². The van der Waals surface area contributed by atoms with Gasteiger partial charge >= 0.3 is 0 Å². The summed E-state index contributed by atoms with van der Waals surface area (Å²) >= 11 is 5.87. The summed E-state index contributed by atoms with van der Waals surface area (Å²) in [5.74, 6) is 0.923. The smallest absolute Gasteiger partial charge is 0.149 e. The average molecular weight is 226 g/mol. The zero-order valence-corrected chi connectivity index (χ0v) is 9.64. The molecule has 1 unspecified atom stereocenters. The predicted octanol–water partition coefficient (Wildman–Crippen LogP) is 3.13. The Labute approximate surface area is 95.2 Å². The molecule has 1 aromatic rings. The van der Waals surface area contributed by atoms with Gasteiger partial charge in [-0.25, -0.2) is 4.98 Å². The summed E-state index contributed by atoms with van der Waals surface area (Å²) in [6.45, 7) is 3.16. The van der Waals surface area contributed by atoms with Gasteiger partial charge < -0.3 is 10.6 Å². The zero-order valence-electron chi connectivity index (χ0n) is 8.89. The highest BCUT2D eigenvalue weighted by Crippen LogP contribution is 2.27. The summed E-state index contributed by atoms with van der Waals surface area (Å²) in [6.07, 6.45) is 5.35. The fourth-order valence-electron chi connectivity index (χ4n) is 1.79. The molecule has 0 bridgehead atoms. The molecule has 82 valence electrons. The maximum absolute atomic E-state index is 5.87. The molecular weight excluding hydrogens is 210 g/mol. The van der Waals surface area contributed by atoms with Crippen LogP contribution in [0.3, 0.4) is 0 Å². The van der Waals surface area contributed by atoms with Crippen LogP contribution in [0.25, 0.3) is 0 Å². The Kier molecular flexibility index (Phi) is 3.31. The quantitative estimate of drug-likeness (QED) is 0.830. The van der Waals surface area contributed by atoms with Gasteiger partial charge in [0.15, 0.2) is 0 Å². The first-order chi connectivity index (χ1) is 7.29. The lowest BCUT2D eigenvalue weighted by Gasteiger charge is -2.27. The monoisotopic (exact) mass is 225 g/mol. The van der Waals surface area contributed by atoms with E-state index in [0.717, 1.165) is 18.1 Å². The van der Waals surface area contributed by atoms with Crippen molar-refractivity contribution in [2.75, 3.05) is 17.2 Å². The lowest BCUT2D eigenvalue weighted by atomic mass is 10.1. The van der Waals surface area contributed by atoms with E-state index in [4.69, 9.17) is 11.6 Å². The van der Waals surface area contributed by atoms with Gasteiger partial charge in [0, 0.05) is 18.8 Å². The topological polar surface area (TPSA) is 37.0 Å². The maximum Gasteiger partial charge on any atom is 0.149 e. The van der Waals surface area contributed by atoms with Crippen molar-refractivity contribution in [3.63, 3.8) is 0 Å². The number of hydrogen-bond donors (Lipinski definition) is 2. The third-order valence-corrected chi connectivity index (χ3v) is 2.85. The van der Waals surface area contributed by atoms with Crippen molar-refractivity contribution >= 4 is 23.1 Å². The first-order valence-corrected chi connectivity index (χ1v) is 5.83. The van der Waals surface area contributed by atoms with Crippen LogP contribution < -0.4 is 10.6 Å². The molecule has 4 heteroatoms. The van der Waals surface area contributed by atoms with Crippen molar-refractivity contribution in [2.24, 2.45) is 0 Å². The Hall–Kier alpha value is -0.960. The third-order valence-electron chi connectivity index (χ3n) is 2.64. The van der Waals surface area contributed by atoms with Gasteiger partial charge in [0.25, 0.3) is 0 Å². The van der Waals surface area contributed by atoms with E-state index in [1.54, 1.807) is 6.20 Å². The van der Waals surface area contributed by atoms with Gasteiger partial charge in [0.05, 0.1) is 10.7 Å². The Morgan fingerprint density at radius 1 is 1.60 bits per heavy atom. The van der Waals surface area contributed by atoms with Crippen molar-refractivity contribution in [1.82, 2.24) is 4.98 Å². The standard InChI is InChI=1S/C11H16ClN3/c1-2-3-4-9-7-13-10-5-8(12)6-14-11(10)15-9/h5-6,9,13H,2-4,7H2,1H3,(H,14,15). The first kappa shape index (κ1) is 10.6. The highest BCUT2D eigenvalue weighted by molar-refractivity contribution is 6.30. The molecule has 2 rings (SSSR count). The maximum atomic E-state index is 5.87. The van der Waals surface area contributed by atoms with E-state index >= 15 is 0 Å². The average Bonchev–Trinajstić information content (AvgIpc) is 2.26. The van der Waals surface area contributed by atoms with Crippen molar-refractivity contribution in [1.29, 1.82) is 0 Å². The summed E-state index contributed by atoms with van der Waals surface area (Å²) < 4.78 is 0. The number of fused-ring (bicyclic) bond motifs is 1. The van der Waals surface area contributed by atoms with Crippen molar-refractivity contribution in [3.05, 3.63) is 17.3 Å². The largest absolute Gasteiger partial charge is 0.380 e. The van der Waals surface area contributed by atoms with Crippen LogP contribution in [-0.2, 0) is 0 Å². The molecule has 0 amide bonds. The minimum absolute atomic E-state index is 0.492. The second-order valence-corrected chi connectivity index (χ2v) is 4.35. The molecule has 2 N–H and O–H groups in total. The Morgan fingerprint density at radius 2 is 2.47 bits per heavy atom. The van der Waals surface area contributed by atoms with E-state index in [1.165, 1.54) is 19.3 Å². The fraction of sp³-hybridized carbons (Fsp3) is 0.545. The number of nitrogens with one attached hydrogen (secondary N) is 2. The molecular formula is C11H16ClN3. The minimum atomic E-state index is 0.492. The van der Waals surface area contributed by atoms with E-state index in [2.05, 4.69) is 22.5 Å². The Bertz CT molecular complexity index is 341. The van der Waals surface area contributed by atoms with Crippen LogP contribution >= 0.6 is 11.6 Å². The van der Waals surface area contributed by atoms with Crippen LogP contribution in [0.5, 0.6) is 0 Å².